The summed E-state index contributed by atoms with van der Waals surface area (Å²) in [6.45, 7) is 3.16. The first kappa shape index (κ1) is 31.5. The van der Waals surface area contributed by atoms with Gasteiger partial charge < -0.3 is 15.5 Å². The van der Waals surface area contributed by atoms with Crippen molar-refractivity contribution < 1.29 is 45.1 Å². The average Bonchev–Trinajstić information content (AvgIpc) is 3.05. The van der Waals surface area contributed by atoms with Gasteiger partial charge in [-0.15, -0.1) is 0 Å². The highest BCUT2D eigenvalue weighted by atomic mass is 19.4. The fraction of sp³-hybridized carbons (Fsp3) is 0.300. The Kier molecular flexibility index (Phi) is 9.12. The lowest BCUT2D eigenvalue weighted by Gasteiger charge is -2.30. The van der Waals surface area contributed by atoms with Gasteiger partial charge in [-0.05, 0) is 68.1 Å². The second-order valence-corrected chi connectivity index (χ2v) is 10.3. The van der Waals surface area contributed by atoms with Gasteiger partial charge >= 0.3 is 6.18 Å². The largest absolute Gasteiger partial charge is 0.417 e. The lowest BCUT2D eigenvalue weighted by Crippen LogP contribution is -2.55. The van der Waals surface area contributed by atoms with Crippen LogP contribution in [0, 0.1) is 23.3 Å². The molecule has 13 heteroatoms. The van der Waals surface area contributed by atoms with Crippen molar-refractivity contribution in [3.63, 3.8) is 0 Å². The average molecular weight is 610 g/mol. The maximum Gasteiger partial charge on any atom is 0.417 e. The number of carbonyl (C=O) groups is 3. The number of anilines is 1. The molecule has 0 bridgehead atoms. The Balaban J connectivity index is 1.66. The van der Waals surface area contributed by atoms with Crippen LogP contribution in [0.5, 0.6) is 0 Å². The summed E-state index contributed by atoms with van der Waals surface area (Å²) in [4.78, 5) is 41.1. The van der Waals surface area contributed by atoms with Gasteiger partial charge in [-0.25, -0.2) is 17.6 Å². The predicted molar refractivity (Wildman–Crippen MR) is 142 cm³/mol. The third kappa shape index (κ3) is 6.98. The minimum absolute atomic E-state index is 0.0290. The first-order valence-corrected chi connectivity index (χ1v) is 13.2. The molecule has 1 aliphatic rings. The Hall–Kier alpha value is -4.42. The van der Waals surface area contributed by atoms with Crippen molar-refractivity contribution in [3.05, 3.63) is 100 Å². The monoisotopic (exact) mass is 609 g/mol. The van der Waals surface area contributed by atoms with Crippen LogP contribution in [-0.4, -0.2) is 35.8 Å². The summed E-state index contributed by atoms with van der Waals surface area (Å²) < 4.78 is 97.7. The summed E-state index contributed by atoms with van der Waals surface area (Å²) in [6, 6.07) is 4.62. The molecule has 6 nitrogen and oxygen atoms in total. The van der Waals surface area contributed by atoms with Crippen LogP contribution >= 0.6 is 0 Å². The maximum atomic E-state index is 14.8. The van der Waals surface area contributed by atoms with E-state index in [0.29, 0.717) is 18.2 Å². The van der Waals surface area contributed by atoms with Gasteiger partial charge in [-0.3, -0.25) is 14.4 Å². The van der Waals surface area contributed by atoms with Crippen LogP contribution in [0.1, 0.15) is 47.3 Å². The van der Waals surface area contributed by atoms with Crippen LogP contribution in [0.15, 0.2) is 54.6 Å². The van der Waals surface area contributed by atoms with Gasteiger partial charge in [-0.2, -0.15) is 13.2 Å². The van der Waals surface area contributed by atoms with E-state index in [2.05, 4.69) is 10.6 Å². The van der Waals surface area contributed by atoms with E-state index >= 15 is 0 Å². The van der Waals surface area contributed by atoms with Crippen molar-refractivity contribution in [2.24, 2.45) is 0 Å². The molecule has 0 aromatic heterocycles. The molecule has 0 unspecified atom stereocenters. The van der Waals surface area contributed by atoms with Crippen molar-refractivity contribution in [2.75, 3.05) is 4.90 Å². The van der Waals surface area contributed by atoms with Gasteiger partial charge in [0.25, 0.3) is 5.91 Å². The Bertz CT molecular complexity index is 1560. The number of alkyl halides is 3. The molecule has 3 aromatic rings. The van der Waals surface area contributed by atoms with E-state index in [9.17, 15) is 45.1 Å². The summed E-state index contributed by atoms with van der Waals surface area (Å²) in [7, 11) is 0. The van der Waals surface area contributed by atoms with Crippen molar-refractivity contribution in [1.29, 1.82) is 0 Å². The lowest BCUT2D eigenvalue weighted by atomic mass is 10.0. The highest BCUT2D eigenvalue weighted by Gasteiger charge is 2.38. The quantitative estimate of drug-likeness (QED) is 0.349. The summed E-state index contributed by atoms with van der Waals surface area (Å²) in [5.41, 5.74) is -2.61. The molecule has 0 saturated carbocycles. The van der Waals surface area contributed by atoms with E-state index in [0.717, 1.165) is 17.0 Å². The molecule has 0 aliphatic carbocycles. The molecule has 1 heterocycles. The molecule has 0 radical (unpaired) electrons. The van der Waals surface area contributed by atoms with Crippen LogP contribution in [0.25, 0.3) is 0 Å². The fourth-order valence-corrected chi connectivity index (χ4v) is 4.98. The van der Waals surface area contributed by atoms with E-state index in [1.807, 2.05) is 0 Å². The minimum atomic E-state index is -5.12. The van der Waals surface area contributed by atoms with Crippen molar-refractivity contribution in [3.8, 4) is 0 Å². The predicted octanol–water partition coefficient (Wildman–Crippen LogP) is 5.48. The zero-order valence-electron chi connectivity index (χ0n) is 22.9. The third-order valence-electron chi connectivity index (χ3n) is 6.95. The van der Waals surface area contributed by atoms with E-state index in [1.54, 1.807) is 13.8 Å². The number of aryl methyl sites for hydroxylation is 1. The second kappa shape index (κ2) is 12.4. The minimum Gasteiger partial charge on any atom is -0.342 e. The zero-order valence-corrected chi connectivity index (χ0v) is 22.9. The van der Waals surface area contributed by atoms with Crippen LogP contribution < -0.4 is 15.5 Å². The topological polar surface area (TPSA) is 78.5 Å². The van der Waals surface area contributed by atoms with Crippen molar-refractivity contribution in [1.82, 2.24) is 10.6 Å². The first-order valence-electron chi connectivity index (χ1n) is 13.2. The number of fused-ring (bicyclic) bond motifs is 1. The summed E-state index contributed by atoms with van der Waals surface area (Å²) in [5.74, 6) is -7.05. The van der Waals surface area contributed by atoms with Gasteiger partial charge in [-0.1, -0.05) is 18.2 Å². The van der Waals surface area contributed by atoms with Crippen LogP contribution in [-0.2, 0) is 28.6 Å². The van der Waals surface area contributed by atoms with E-state index < -0.39 is 82.8 Å². The molecule has 2 N–H and O–H groups in total. The van der Waals surface area contributed by atoms with E-state index in [-0.39, 0.29) is 35.7 Å². The third-order valence-corrected chi connectivity index (χ3v) is 6.95. The summed E-state index contributed by atoms with van der Waals surface area (Å²) >= 11 is 0. The fourth-order valence-electron chi connectivity index (χ4n) is 4.98. The van der Waals surface area contributed by atoms with Gasteiger partial charge in [0.15, 0.2) is 0 Å². The SMILES string of the molecule is CC(C)N1C(=O)[C@H](NC(=O)[C@@H](Cc2ccccc2F)NC(=O)c2ccc(F)cc2C(F)(F)F)CCc2cc(F)cc(F)c21. The van der Waals surface area contributed by atoms with Gasteiger partial charge in [0.05, 0.1) is 16.8 Å². The number of halogens is 7. The molecule has 1 aliphatic heterocycles. The molecular formula is C30H26F7N3O3. The van der Waals surface area contributed by atoms with Crippen molar-refractivity contribution in [2.45, 2.75) is 57.4 Å². The smallest absolute Gasteiger partial charge is 0.342 e. The normalized spacial score (nSPS) is 16.0. The summed E-state index contributed by atoms with van der Waals surface area (Å²) in [6.07, 6.45) is -5.78. The molecule has 4 rings (SSSR count). The van der Waals surface area contributed by atoms with Crippen LogP contribution in [0.2, 0.25) is 0 Å². The maximum absolute atomic E-state index is 14.8. The molecule has 3 amide bonds. The second-order valence-electron chi connectivity index (χ2n) is 10.3. The number of hydrogen-bond donors (Lipinski definition) is 2. The first-order chi connectivity index (χ1) is 20.2. The number of nitrogens with one attached hydrogen (secondary N) is 2. The molecule has 43 heavy (non-hydrogen) atoms. The van der Waals surface area contributed by atoms with Gasteiger partial charge in [0.1, 0.15) is 35.4 Å². The number of carbonyl (C=O) groups excluding carboxylic acids is 3. The molecule has 2 atom stereocenters. The number of nitrogens with zero attached hydrogens (tertiary/aromatic N) is 1. The summed E-state index contributed by atoms with van der Waals surface area (Å²) in [5, 5.41) is 4.60. The molecule has 0 saturated heterocycles. The number of amides is 3. The Morgan fingerprint density at radius 3 is 2.30 bits per heavy atom. The number of hydrogen-bond acceptors (Lipinski definition) is 3. The van der Waals surface area contributed by atoms with Crippen LogP contribution in [0.3, 0.4) is 0 Å². The Morgan fingerprint density at radius 2 is 1.65 bits per heavy atom. The zero-order chi connectivity index (χ0) is 31.6. The molecule has 3 aromatic carbocycles. The molecule has 0 spiro atoms. The number of benzene rings is 3. The molecular weight excluding hydrogens is 583 g/mol. The van der Waals surface area contributed by atoms with E-state index in [1.165, 1.54) is 18.2 Å². The Morgan fingerprint density at radius 1 is 0.953 bits per heavy atom. The Labute approximate surface area is 241 Å². The van der Waals surface area contributed by atoms with E-state index in [4.69, 9.17) is 0 Å². The molecule has 228 valence electrons. The highest BCUT2D eigenvalue weighted by Crippen LogP contribution is 2.34. The van der Waals surface area contributed by atoms with Gasteiger partial charge in [0, 0.05) is 18.5 Å². The number of rotatable bonds is 7. The van der Waals surface area contributed by atoms with Crippen LogP contribution in [0.4, 0.5) is 36.4 Å². The lowest BCUT2D eigenvalue weighted by molar-refractivity contribution is -0.138. The van der Waals surface area contributed by atoms with Gasteiger partial charge in [0.2, 0.25) is 11.8 Å². The molecule has 0 fully saturated rings. The highest BCUT2D eigenvalue weighted by molar-refractivity contribution is 6.03. The standard InChI is InChI=1S/C30H26F7N3O3/c1-15(2)40-26-17(11-19(32)14-23(26)34)7-10-24(29(40)43)38-28(42)25(12-16-5-3-4-6-22(16)33)39-27(41)20-9-8-18(31)13-21(20)30(35,36)37/h3-6,8-9,11,13-15,24-25H,7,10,12H2,1-2H3,(H,38,42)(H,39,41)/t24-,25-/m1/s1. The van der Waals surface area contributed by atoms with Crippen molar-refractivity contribution >= 4 is 23.4 Å².